The van der Waals surface area contributed by atoms with Gasteiger partial charge in [0.2, 0.25) is 0 Å². The van der Waals surface area contributed by atoms with Crippen molar-refractivity contribution in [3.63, 3.8) is 0 Å². The summed E-state index contributed by atoms with van der Waals surface area (Å²) in [7, 11) is 0. The molecule has 7 heteroatoms. The molecule has 0 aromatic carbocycles. The zero-order valence-electron chi connectivity index (χ0n) is 6.06. The molecule has 0 bridgehead atoms. The van der Waals surface area contributed by atoms with Gasteiger partial charge in [-0.05, 0) is 4.92 Å². The predicted octanol–water partition coefficient (Wildman–Crippen LogP) is -0.346. The van der Waals surface area contributed by atoms with E-state index >= 15 is 0 Å². The molecule has 12 heavy (non-hydrogen) atoms. The van der Waals surface area contributed by atoms with Gasteiger partial charge in [-0.1, -0.05) is 0 Å². The first-order valence-corrected chi connectivity index (χ1v) is 3.43. The predicted molar refractivity (Wildman–Crippen MR) is 36.5 cm³/mol. The smallest absolute Gasteiger partial charge is 0.373 e. The summed E-state index contributed by atoms with van der Waals surface area (Å²) in [4.78, 5) is 9.77. The molecule has 2 rings (SSSR count). The van der Waals surface area contributed by atoms with E-state index in [0.29, 0.717) is 18.7 Å². The third kappa shape index (κ3) is 1.26. The van der Waals surface area contributed by atoms with Gasteiger partial charge in [0.1, 0.15) is 0 Å². The van der Waals surface area contributed by atoms with Crippen molar-refractivity contribution in [2.45, 2.75) is 12.5 Å². The summed E-state index contributed by atoms with van der Waals surface area (Å²) in [6, 6.07) is 0. The van der Waals surface area contributed by atoms with E-state index in [4.69, 9.17) is 4.74 Å². The van der Waals surface area contributed by atoms with Crippen molar-refractivity contribution < 1.29 is 9.66 Å². The highest BCUT2D eigenvalue weighted by Gasteiger charge is 2.29. The molecule has 1 unspecified atom stereocenters. The van der Waals surface area contributed by atoms with Gasteiger partial charge in [-0.3, -0.25) is 0 Å². The molecule has 1 atom stereocenters. The zero-order chi connectivity index (χ0) is 8.55. The molecule has 1 aromatic rings. The van der Waals surface area contributed by atoms with E-state index in [-0.39, 0.29) is 11.9 Å². The fourth-order valence-electron chi connectivity index (χ4n) is 0.932. The van der Waals surface area contributed by atoms with Crippen LogP contribution >= 0.6 is 0 Å². The molecule has 1 aliphatic rings. The molecule has 7 nitrogen and oxygen atoms in total. The van der Waals surface area contributed by atoms with Crippen LogP contribution in [-0.2, 0) is 11.2 Å². The fraction of sp³-hybridized carbons (Fsp3) is 0.600. The van der Waals surface area contributed by atoms with Gasteiger partial charge < -0.3 is 14.9 Å². The van der Waals surface area contributed by atoms with Crippen LogP contribution in [0.2, 0.25) is 0 Å². The minimum atomic E-state index is -0.554. The lowest BCUT2D eigenvalue weighted by molar-refractivity contribution is -0.390. The van der Waals surface area contributed by atoms with E-state index in [0.717, 1.165) is 0 Å². The van der Waals surface area contributed by atoms with Gasteiger partial charge in [0, 0.05) is 6.42 Å². The maximum atomic E-state index is 10.3. The summed E-state index contributed by atoms with van der Waals surface area (Å²) in [5, 5.41) is 19.6. The van der Waals surface area contributed by atoms with Crippen LogP contribution in [0.1, 0.15) is 5.69 Å². The van der Waals surface area contributed by atoms with Gasteiger partial charge in [-0.25, -0.2) is 0 Å². The monoisotopic (exact) mass is 170 g/mol. The highest BCUT2D eigenvalue weighted by Crippen LogP contribution is 2.19. The summed E-state index contributed by atoms with van der Waals surface area (Å²) < 4.78 is 4.91. The van der Waals surface area contributed by atoms with E-state index in [9.17, 15) is 10.1 Å². The quantitative estimate of drug-likeness (QED) is 0.380. The van der Waals surface area contributed by atoms with Gasteiger partial charge in [-0.15, -0.1) is 10.3 Å². The number of ether oxygens (including phenoxy) is 1. The lowest BCUT2D eigenvalue weighted by Gasteiger charge is -1.89. The summed E-state index contributed by atoms with van der Waals surface area (Å²) >= 11 is 0. The molecule has 0 radical (unpaired) electrons. The maximum Gasteiger partial charge on any atom is 0.413 e. The van der Waals surface area contributed by atoms with Crippen LogP contribution < -0.4 is 0 Å². The number of epoxide rings is 1. The molecule has 1 fully saturated rings. The molecular formula is C5H6N4O3. The summed E-state index contributed by atoms with van der Waals surface area (Å²) in [6.45, 7) is 0.657. The molecule has 0 amide bonds. The SMILES string of the molecule is O=[N+]([O-])c1n[nH]nc1CC1CO1. The number of nitrogens with one attached hydrogen (secondary N) is 1. The number of hydrogen-bond donors (Lipinski definition) is 1. The van der Waals surface area contributed by atoms with Crippen molar-refractivity contribution in [1.29, 1.82) is 0 Å². The van der Waals surface area contributed by atoms with Gasteiger partial charge in [0.15, 0.2) is 5.69 Å². The number of nitro groups is 1. The molecular weight excluding hydrogens is 164 g/mol. The Morgan fingerprint density at radius 3 is 3.08 bits per heavy atom. The standard InChI is InChI=1S/C5H6N4O3/c10-9(11)5-4(6-8-7-5)1-3-2-12-3/h3H,1-2H2,(H,6,7,8). The Hall–Kier alpha value is -1.50. The van der Waals surface area contributed by atoms with Crippen molar-refractivity contribution in [3.8, 4) is 0 Å². The van der Waals surface area contributed by atoms with Crippen LogP contribution in [0.5, 0.6) is 0 Å². The Morgan fingerprint density at radius 1 is 1.75 bits per heavy atom. The lowest BCUT2D eigenvalue weighted by Crippen LogP contribution is -1.98. The Kier molecular flexibility index (Phi) is 1.51. The van der Waals surface area contributed by atoms with Crippen molar-refractivity contribution >= 4 is 5.82 Å². The molecule has 1 aliphatic heterocycles. The minimum absolute atomic E-state index is 0.0915. The van der Waals surface area contributed by atoms with E-state index < -0.39 is 4.92 Å². The molecule has 1 saturated heterocycles. The second-order valence-electron chi connectivity index (χ2n) is 2.51. The minimum Gasteiger partial charge on any atom is -0.373 e. The normalized spacial score (nSPS) is 20.8. The largest absolute Gasteiger partial charge is 0.413 e. The number of aromatic amines is 1. The molecule has 0 spiro atoms. The molecule has 1 N–H and O–H groups in total. The zero-order valence-corrected chi connectivity index (χ0v) is 6.06. The number of rotatable bonds is 3. The van der Waals surface area contributed by atoms with E-state index in [1.54, 1.807) is 0 Å². The maximum absolute atomic E-state index is 10.3. The highest BCUT2D eigenvalue weighted by molar-refractivity contribution is 5.24. The lowest BCUT2D eigenvalue weighted by atomic mass is 10.2. The van der Waals surface area contributed by atoms with Gasteiger partial charge >= 0.3 is 5.82 Å². The summed E-state index contributed by atoms with van der Waals surface area (Å²) in [5.41, 5.74) is 0.363. The number of nitrogens with zero attached hydrogens (tertiary/aromatic N) is 3. The number of hydrogen-bond acceptors (Lipinski definition) is 5. The average Bonchev–Trinajstić information content (AvgIpc) is 2.66. The van der Waals surface area contributed by atoms with Crippen molar-refractivity contribution in [2.24, 2.45) is 0 Å². The molecule has 64 valence electrons. The summed E-state index contributed by atoms with van der Waals surface area (Å²) in [6.07, 6.45) is 0.557. The Balaban J connectivity index is 2.17. The third-order valence-electron chi connectivity index (χ3n) is 1.60. The van der Waals surface area contributed by atoms with Crippen molar-refractivity contribution in [3.05, 3.63) is 15.8 Å². The van der Waals surface area contributed by atoms with Crippen LogP contribution in [0.15, 0.2) is 0 Å². The first-order valence-electron chi connectivity index (χ1n) is 3.43. The van der Waals surface area contributed by atoms with Crippen LogP contribution in [0.3, 0.4) is 0 Å². The van der Waals surface area contributed by atoms with Gasteiger partial charge in [-0.2, -0.15) is 0 Å². The van der Waals surface area contributed by atoms with Gasteiger partial charge in [0.25, 0.3) is 0 Å². The van der Waals surface area contributed by atoms with Crippen LogP contribution in [0.25, 0.3) is 0 Å². The van der Waals surface area contributed by atoms with E-state index in [2.05, 4.69) is 15.4 Å². The number of aromatic nitrogens is 3. The Morgan fingerprint density at radius 2 is 2.50 bits per heavy atom. The second kappa shape index (κ2) is 2.52. The van der Waals surface area contributed by atoms with Gasteiger partial charge in [0.05, 0.1) is 17.8 Å². The van der Waals surface area contributed by atoms with Crippen molar-refractivity contribution in [2.75, 3.05) is 6.61 Å². The molecule has 1 aromatic heterocycles. The van der Waals surface area contributed by atoms with Crippen LogP contribution in [0, 0.1) is 10.1 Å². The third-order valence-corrected chi connectivity index (χ3v) is 1.60. The van der Waals surface area contributed by atoms with E-state index in [1.807, 2.05) is 0 Å². The topological polar surface area (TPSA) is 97.2 Å². The first kappa shape index (κ1) is 7.17. The van der Waals surface area contributed by atoms with Crippen LogP contribution in [-0.4, -0.2) is 33.0 Å². The first-order chi connectivity index (χ1) is 5.77. The Labute approximate surface area is 66.9 Å². The molecule has 0 aliphatic carbocycles. The average molecular weight is 170 g/mol. The summed E-state index contributed by atoms with van der Waals surface area (Å²) in [5.74, 6) is -0.203. The fourth-order valence-corrected chi connectivity index (χ4v) is 0.932. The second-order valence-corrected chi connectivity index (χ2v) is 2.51. The molecule has 2 heterocycles. The molecule has 0 saturated carbocycles. The van der Waals surface area contributed by atoms with E-state index in [1.165, 1.54) is 0 Å². The Bertz CT molecular complexity index is 305. The number of H-pyrrole nitrogens is 1. The van der Waals surface area contributed by atoms with Crippen molar-refractivity contribution in [1.82, 2.24) is 15.4 Å². The van der Waals surface area contributed by atoms with Crippen LogP contribution in [0.4, 0.5) is 5.82 Å². The highest BCUT2D eigenvalue weighted by atomic mass is 16.6.